The molecule has 2 rings (SSSR count). The Morgan fingerprint density at radius 2 is 2.19 bits per heavy atom. The molecule has 1 N–H and O–H groups in total. The summed E-state index contributed by atoms with van der Waals surface area (Å²) in [5.41, 5.74) is 2.06. The first-order valence-corrected chi connectivity index (χ1v) is 6.14. The third kappa shape index (κ3) is 3.91. The van der Waals surface area contributed by atoms with E-state index >= 15 is 0 Å². The van der Waals surface area contributed by atoms with Crippen molar-refractivity contribution in [1.82, 2.24) is 4.98 Å². The summed E-state index contributed by atoms with van der Waals surface area (Å²) in [7, 11) is 0. The zero-order valence-corrected chi connectivity index (χ0v) is 11.3. The summed E-state index contributed by atoms with van der Waals surface area (Å²) >= 11 is 0. The van der Waals surface area contributed by atoms with E-state index in [2.05, 4.69) is 11.1 Å². The van der Waals surface area contributed by atoms with Gasteiger partial charge in [0.15, 0.2) is 0 Å². The molecule has 0 fully saturated rings. The molecule has 5 heteroatoms. The number of hydrogen-bond acceptors (Lipinski definition) is 4. The van der Waals surface area contributed by atoms with Gasteiger partial charge >= 0.3 is 5.97 Å². The summed E-state index contributed by atoms with van der Waals surface area (Å²) in [6.45, 7) is 1.88. The number of hydrogen-bond donors (Lipinski definition) is 1. The van der Waals surface area contributed by atoms with Crippen molar-refractivity contribution in [2.24, 2.45) is 0 Å². The van der Waals surface area contributed by atoms with Gasteiger partial charge in [-0.3, -0.25) is 0 Å². The minimum absolute atomic E-state index is 0.376. The van der Waals surface area contributed by atoms with Crippen molar-refractivity contribution in [3.8, 4) is 17.7 Å². The predicted molar refractivity (Wildman–Crippen MR) is 76.9 cm³/mol. The Kier molecular flexibility index (Phi) is 4.32. The van der Waals surface area contributed by atoms with E-state index in [0.717, 1.165) is 11.6 Å². The maximum atomic E-state index is 10.4. The van der Waals surface area contributed by atoms with Gasteiger partial charge in [0.1, 0.15) is 5.75 Å². The largest absolute Gasteiger partial charge is 0.478 e. The molecule has 104 valence electrons. The lowest BCUT2D eigenvalue weighted by atomic mass is 10.1. The average molecular weight is 280 g/mol. The summed E-state index contributed by atoms with van der Waals surface area (Å²) in [5.74, 6) is -0.0738. The number of carboxylic acids is 1. The Hall–Kier alpha value is -3.13. The van der Waals surface area contributed by atoms with Gasteiger partial charge in [-0.1, -0.05) is 6.07 Å². The van der Waals surface area contributed by atoms with Gasteiger partial charge < -0.3 is 9.84 Å². The normalized spacial score (nSPS) is 10.3. The minimum Gasteiger partial charge on any atom is -0.478 e. The molecule has 0 amide bonds. The van der Waals surface area contributed by atoms with Gasteiger partial charge in [-0.25, -0.2) is 9.78 Å². The molecule has 21 heavy (non-hydrogen) atoms. The smallest absolute Gasteiger partial charge is 0.328 e. The van der Waals surface area contributed by atoms with E-state index in [0.29, 0.717) is 22.8 Å². The van der Waals surface area contributed by atoms with Crippen LogP contribution in [0.4, 0.5) is 0 Å². The fourth-order valence-corrected chi connectivity index (χ4v) is 1.61. The standard InChI is InChI=1S/C16H12N2O3/c1-11-2-3-13(9-17)8-14(11)21-15-6-4-12(10-18-15)5-7-16(19)20/h2-8,10H,1H3,(H,19,20)/b7-5+. The Bertz CT molecular complexity index is 728. The fraction of sp³-hybridized carbons (Fsp3) is 0.0625. The number of ether oxygens (including phenoxy) is 1. The van der Waals surface area contributed by atoms with Gasteiger partial charge in [-0.2, -0.15) is 5.26 Å². The lowest BCUT2D eigenvalue weighted by molar-refractivity contribution is -0.131. The molecule has 0 radical (unpaired) electrons. The Morgan fingerprint density at radius 3 is 2.81 bits per heavy atom. The molecule has 0 saturated heterocycles. The molecule has 0 aliphatic heterocycles. The van der Waals surface area contributed by atoms with Crippen molar-refractivity contribution >= 4 is 12.0 Å². The number of rotatable bonds is 4. The van der Waals surface area contributed by atoms with Crippen molar-refractivity contribution in [3.05, 3.63) is 59.3 Å². The number of carbonyl (C=O) groups is 1. The van der Waals surface area contributed by atoms with Crippen molar-refractivity contribution < 1.29 is 14.6 Å². The number of carboxylic acid groups (broad SMARTS) is 1. The molecule has 0 saturated carbocycles. The fourth-order valence-electron chi connectivity index (χ4n) is 1.61. The van der Waals surface area contributed by atoms with Gasteiger partial charge in [0.25, 0.3) is 0 Å². The molecule has 0 aliphatic carbocycles. The molecular weight excluding hydrogens is 268 g/mol. The molecule has 5 nitrogen and oxygen atoms in total. The van der Waals surface area contributed by atoms with Crippen molar-refractivity contribution in [1.29, 1.82) is 5.26 Å². The molecule has 0 atom stereocenters. The molecular formula is C16H12N2O3. The summed E-state index contributed by atoms with van der Waals surface area (Å²) < 4.78 is 5.63. The highest BCUT2D eigenvalue weighted by Gasteiger charge is 2.04. The number of aromatic nitrogens is 1. The lowest BCUT2D eigenvalue weighted by Crippen LogP contribution is -1.91. The second-order valence-electron chi connectivity index (χ2n) is 4.30. The van der Waals surface area contributed by atoms with Crippen LogP contribution in [0.25, 0.3) is 6.08 Å². The number of nitriles is 1. The Balaban J connectivity index is 2.17. The minimum atomic E-state index is -1.01. The molecule has 0 bridgehead atoms. The van der Waals surface area contributed by atoms with Crippen LogP contribution >= 0.6 is 0 Å². The lowest BCUT2D eigenvalue weighted by Gasteiger charge is -2.08. The SMILES string of the molecule is Cc1ccc(C#N)cc1Oc1ccc(/C=C/C(=O)O)cn1. The van der Waals surface area contributed by atoms with Crippen LogP contribution in [0.15, 0.2) is 42.6 Å². The molecule has 0 aliphatic rings. The quantitative estimate of drug-likeness (QED) is 0.870. The molecule has 0 spiro atoms. The van der Waals surface area contributed by atoms with Crippen LogP contribution in [-0.4, -0.2) is 16.1 Å². The van der Waals surface area contributed by atoms with E-state index in [4.69, 9.17) is 15.1 Å². The van der Waals surface area contributed by atoms with E-state index in [1.165, 1.54) is 12.3 Å². The van der Waals surface area contributed by atoms with Crippen LogP contribution in [0.5, 0.6) is 11.6 Å². The van der Waals surface area contributed by atoms with E-state index in [9.17, 15) is 4.79 Å². The first-order chi connectivity index (χ1) is 10.1. The van der Waals surface area contributed by atoms with Crippen LogP contribution < -0.4 is 4.74 Å². The zero-order chi connectivity index (χ0) is 15.2. The van der Waals surface area contributed by atoms with Gasteiger partial charge in [0.05, 0.1) is 11.6 Å². The van der Waals surface area contributed by atoms with Crippen LogP contribution in [0.1, 0.15) is 16.7 Å². The maximum absolute atomic E-state index is 10.4. The van der Waals surface area contributed by atoms with Crippen LogP contribution in [0, 0.1) is 18.3 Å². The van der Waals surface area contributed by atoms with E-state index in [1.54, 1.807) is 30.3 Å². The highest BCUT2D eigenvalue weighted by molar-refractivity contribution is 5.85. The Labute approximate surface area is 121 Å². The summed E-state index contributed by atoms with van der Waals surface area (Å²) in [5, 5.41) is 17.4. The topological polar surface area (TPSA) is 83.2 Å². The second-order valence-corrected chi connectivity index (χ2v) is 4.30. The van der Waals surface area contributed by atoms with Crippen LogP contribution in [0.3, 0.4) is 0 Å². The highest BCUT2D eigenvalue weighted by Crippen LogP contribution is 2.24. The van der Waals surface area contributed by atoms with Gasteiger partial charge in [0.2, 0.25) is 5.88 Å². The summed E-state index contributed by atoms with van der Waals surface area (Å²) in [6, 6.07) is 10.6. The van der Waals surface area contributed by atoms with Gasteiger partial charge in [-0.15, -0.1) is 0 Å². The number of aliphatic carboxylic acids is 1. The first-order valence-electron chi connectivity index (χ1n) is 6.14. The van der Waals surface area contributed by atoms with E-state index in [-0.39, 0.29) is 0 Å². The third-order valence-corrected chi connectivity index (χ3v) is 2.71. The van der Waals surface area contributed by atoms with Crippen LogP contribution in [-0.2, 0) is 4.79 Å². The molecule has 1 aromatic heterocycles. The molecule has 0 unspecified atom stereocenters. The van der Waals surface area contributed by atoms with Gasteiger partial charge in [0, 0.05) is 18.3 Å². The highest BCUT2D eigenvalue weighted by atomic mass is 16.5. The zero-order valence-electron chi connectivity index (χ0n) is 11.3. The van der Waals surface area contributed by atoms with Gasteiger partial charge in [-0.05, 0) is 42.3 Å². The molecule has 2 aromatic rings. The summed E-state index contributed by atoms with van der Waals surface area (Å²) in [6.07, 6.45) is 4.00. The number of aryl methyl sites for hydroxylation is 1. The summed E-state index contributed by atoms with van der Waals surface area (Å²) in [4.78, 5) is 14.5. The molecule has 1 heterocycles. The molecule has 1 aromatic carbocycles. The van der Waals surface area contributed by atoms with Crippen molar-refractivity contribution in [2.75, 3.05) is 0 Å². The number of benzene rings is 1. The number of nitrogens with zero attached hydrogens (tertiary/aromatic N) is 2. The predicted octanol–water partition coefficient (Wildman–Crippen LogP) is 3.15. The average Bonchev–Trinajstić information content (AvgIpc) is 2.48. The first kappa shape index (κ1) is 14.3. The Morgan fingerprint density at radius 1 is 1.38 bits per heavy atom. The van der Waals surface area contributed by atoms with E-state index in [1.807, 2.05) is 6.92 Å². The third-order valence-electron chi connectivity index (χ3n) is 2.71. The van der Waals surface area contributed by atoms with E-state index < -0.39 is 5.97 Å². The second kappa shape index (κ2) is 6.35. The maximum Gasteiger partial charge on any atom is 0.328 e. The van der Waals surface area contributed by atoms with Crippen LogP contribution in [0.2, 0.25) is 0 Å². The van der Waals surface area contributed by atoms with Crippen molar-refractivity contribution in [3.63, 3.8) is 0 Å². The number of pyridine rings is 1. The van der Waals surface area contributed by atoms with Crippen molar-refractivity contribution in [2.45, 2.75) is 6.92 Å². The monoisotopic (exact) mass is 280 g/mol.